The molecule has 1 fully saturated rings. The van der Waals surface area contributed by atoms with E-state index in [-0.39, 0.29) is 6.10 Å². The zero-order chi connectivity index (χ0) is 15.8. The second-order valence-corrected chi connectivity index (χ2v) is 6.58. The predicted octanol–water partition coefficient (Wildman–Crippen LogP) is 1.81. The van der Waals surface area contributed by atoms with E-state index in [0.717, 1.165) is 40.8 Å². The van der Waals surface area contributed by atoms with Gasteiger partial charge in [0.2, 0.25) is 0 Å². The van der Waals surface area contributed by atoms with Gasteiger partial charge in [-0.15, -0.1) is 11.3 Å². The summed E-state index contributed by atoms with van der Waals surface area (Å²) in [5.74, 6) is 2.72. The number of thiophene rings is 1. The van der Waals surface area contributed by atoms with Crippen molar-refractivity contribution >= 4 is 27.4 Å². The Kier molecular flexibility index (Phi) is 3.70. The number of anilines is 1. The molecule has 0 N–H and O–H groups in total. The molecule has 23 heavy (non-hydrogen) atoms. The average Bonchev–Trinajstić information content (AvgIpc) is 3.14. The molecule has 0 aliphatic carbocycles. The van der Waals surface area contributed by atoms with Gasteiger partial charge in [-0.05, 0) is 25.3 Å². The van der Waals surface area contributed by atoms with Crippen LogP contribution >= 0.6 is 11.3 Å². The molecule has 0 saturated carbocycles. The van der Waals surface area contributed by atoms with E-state index in [1.165, 1.54) is 0 Å². The highest BCUT2D eigenvalue weighted by Gasteiger charge is 2.24. The standard InChI is InChI=1S/C15H18N6OS/c1-10-18-11(2)21(19-10)8-12-7-20(4-5-22-12)15-14-13(3-6-23-14)16-9-17-15/h3,6,9,12H,4-5,7-8H2,1-2H3/t12-/m1/s1. The molecule has 7 nitrogen and oxygen atoms in total. The third-order valence-corrected chi connectivity index (χ3v) is 4.90. The van der Waals surface area contributed by atoms with Crippen LogP contribution in [0.1, 0.15) is 11.6 Å². The highest BCUT2D eigenvalue weighted by Crippen LogP contribution is 2.29. The zero-order valence-electron chi connectivity index (χ0n) is 13.1. The van der Waals surface area contributed by atoms with Gasteiger partial charge < -0.3 is 9.64 Å². The molecule has 0 spiro atoms. The van der Waals surface area contributed by atoms with E-state index in [1.54, 1.807) is 17.7 Å². The minimum absolute atomic E-state index is 0.0773. The Morgan fingerprint density at radius 2 is 2.26 bits per heavy atom. The van der Waals surface area contributed by atoms with Gasteiger partial charge in [0, 0.05) is 13.1 Å². The summed E-state index contributed by atoms with van der Waals surface area (Å²) >= 11 is 1.68. The van der Waals surface area contributed by atoms with Crippen LogP contribution in [0.2, 0.25) is 0 Å². The average molecular weight is 330 g/mol. The van der Waals surface area contributed by atoms with Crippen molar-refractivity contribution in [3.63, 3.8) is 0 Å². The van der Waals surface area contributed by atoms with Crippen LogP contribution in [0.5, 0.6) is 0 Å². The van der Waals surface area contributed by atoms with E-state index in [1.807, 2.05) is 24.6 Å². The first-order valence-corrected chi connectivity index (χ1v) is 8.51. The quantitative estimate of drug-likeness (QED) is 0.729. The van der Waals surface area contributed by atoms with E-state index in [0.29, 0.717) is 13.2 Å². The molecule has 0 aromatic carbocycles. The number of fused-ring (bicyclic) bond motifs is 1. The van der Waals surface area contributed by atoms with E-state index >= 15 is 0 Å². The lowest BCUT2D eigenvalue weighted by molar-refractivity contribution is 0.0268. The molecule has 8 heteroatoms. The normalized spacial score (nSPS) is 18.7. The molecular weight excluding hydrogens is 312 g/mol. The van der Waals surface area contributed by atoms with Crippen LogP contribution in [0.4, 0.5) is 5.82 Å². The maximum absolute atomic E-state index is 5.92. The van der Waals surface area contributed by atoms with Gasteiger partial charge >= 0.3 is 0 Å². The summed E-state index contributed by atoms with van der Waals surface area (Å²) in [5, 5.41) is 6.49. The molecular formula is C15H18N6OS. The van der Waals surface area contributed by atoms with Gasteiger partial charge in [0.15, 0.2) is 0 Å². The molecule has 0 bridgehead atoms. The van der Waals surface area contributed by atoms with E-state index in [9.17, 15) is 0 Å². The molecule has 0 radical (unpaired) electrons. The maximum Gasteiger partial charge on any atom is 0.150 e. The van der Waals surface area contributed by atoms with Crippen molar-refractivity contribution in [1.29, 1.82) is 0 Å². The highest BCUT2D eigenvalue weighted by atomic mass is 32.1. The summed E-state index contributed by atoms with van der Waals surface area (Å²) in [4.78, 5) is 15.5. The van der Waals surface area contributed by atoms with Crippen molar-refractivity contribution in [3.8, 4) is 0 Å². The van der Waals surface area contributed by atoms with Gasteiger partial charge in [-0.3, -0.25) is 0 Å². The molecule has 3 aromatic rings. The van der Waals surface area contributed by atoms with Gasteiger partial charge in [-0.1, -0.05) is 0 Å². The topological polar surface area (TPSA) is 69.0 Å². The summed E-state index contributed by atoms with van der Waals surface area (Å²) in [5.41, 5.74) is 1.01. The number of aryl methyl sites for hydroxylation is 2. The smallest absolute Gasteiger partial charge is 0.150 e. The zero-order valence-corrected chi connectivity index (χ0v) is 14.0. The third kappa shape index (κ3) is 2.79. The lowest BCUT2D eigenvalue weighted by Crippen LogP contribution is -2.45. The summed E-state index contributed by atoms with van der Waals surface area (Å²) in [6.45, 7) is 6.92. The van der Waals surface area contributed by atoms with Crippen LogP contribution in [0, 0.1) is 13.8 Å². The lowest BCUT2D eigenvalue weighted by Gasteiger charge is -2.33. The molecule has 0 unspecified atom stereocenters. The third-order valence-electron chi connectivity index (χ3n) is 4.00. The van der Waals surface area contributed by atoms with Gasteiger partial charge in [0.1, 0.15) is 23.8 Å². The molecule has 1 aliphatic heterocycles. The molecule has 1 atom stereocenters. The second kappa shape index (κ2) is 5.86. The number of ether oxygens (including phenoxy) is 1. The van der Waals surface area contributed by atoms with Crippen molar-refractivity contribution < 1.29 is 4.74 Å². The minimum atomic E-state index is 0.0773. The Labute approximate surface area is 137 Å². The summed E-state index contributed by atoms with van der Waals surface area (Å²) < 4.78 is 8.98. The van der Waals surface area contributed by atoms with E-state index in [2.05, 4.69) is 30.3 Å². The van der Waals surface area contributed by atoms with Crippen LogP contribution < -0.4 is 4.90 Å². The van der Waals surface area contributed by atoms with Crippen LogP contribution in [0.25, 0.3) is 10.2 Å². The number of morpholine rings is 1. The molecule has 0 amide bonds. The summed E-state index contributed by atoms with van der Waals surface area (Å²) in [6.07, 6.45) is 1.72. The fraction of sp³-hybridized carbons (Fsp3) is 0.467. The van der Waals surface area contributed by atoms with Crippen LogP contribution in [0.15, 0.2) is 17.8 Å². The van der Waals surface area contributed by atoms with Crippen LogP contribution in [-0.2, 0) is 11.3 Å². The minimum Gasteiger partial charge on any atom is -0.373 e. The van der Waals surface area contributed by atoms with Crippen molar-refractivity contribution in [3.05, 3.63) is 29.4 Å². The maximum atomic E-state index is 5.92. The lowest BCUT2D eigenvalue weighted by atomic mass is 10.2. The van der Waals surface area contributed by atoms with Gasteiger partial charge in [0.05, 0.1) is 29.5 Å². The largest absolute Gasteiger partial charge is 0.373 e. The van der Waals surface area contributed by atoms with Gasteiger partial charge in [-0.2, -0.15) is 5.10 Å². The van der Waals surface area contributed by atoms with Crippen molar-refractivity contribution in [2.24, 2.45) is 0 Å². The number of hydrogen-bond donors (Lipinski definition) is 0. The molecule has 4 rings (SSSR count). The first kappa shape index (κ1) is 14.5. The molecule has 1 saturated heterocycles. The summed E-state index contributed by atoms with van der Waals surface area (Å²) in [6, 6.07) is 2.03. The molecule has 120 valence electrons. The highest BCUT2D eigenvalue weighted by molar-refractivity contribution is 7.17. The number of rotatable bonds is 3. The van der Waals surface area contributed by atoms with Crippen LogP contribution in [-0.4, -0.2) is 50.5 Å². The summed E-state index contributed by atoms with van der Waals surface area (Å²) in [7, 11) is 0. The predicted molar refractivity (Wildman–Crippen MR) is 88.9 cm³/mol. The number of nitrogens with zero attached hydrogens (tertiary/aromatic N) is 6. The molecule has 4 heterocycles. The SMILES string of the molecule is Cc1nc(C)n(C[C@H]2CN(c3ncnc4ccsc34)CCO2)n1. The fourth-order valence-corrected chi connectivity index (χ4v) is 3.81. The second-order valence-electron chi connectivity index (χ2n) is 5.66. The Balaban J connectivity index is 1.55. The van der Waals surface area contributed by atoms with Crippen molar-refractivity contribution in [1.82, 2.24) is 24.7 Å². The fourth-order valence-electron chi connectivity index (χ4n) is 2.95. The number of aromatic nitrogens is 5. The van der Waals surface area contributed by atoms with Crippen LogP contribution in [0.3, 0.4) is 0 Å². The van der Waals surface area contributed by atoms with Gasteiger partial charge in [0.25, 0.3) is 0 Å². The number of hydrogen-bond acceptors (Lipinski definition) is 7. The Morgan fingerprint density at radius 3 is 3.09 bits per heavy atom. The van der Waals surface area contributed by atoms with E-state index in [4.69, 9.17) is 4.74 Å². The van der Waals surface area contributed by atoms with E-state index < -0.39 is 0 Å². The van der Waals surface area contributed by atoms with Crippen molar-refractivity contribution in [2.45, 2.75) is 26.5 Å². The monoisotopic (exact) mass is 330 g/mol. The molecule has 3 aromatic heterocycles. The first-order chi connectivity index (χ1) is 11.2. The molecule has 1 aliphatic rings. The Hall–Kier alpha value is -2.06. The van der Waals surface area contributed by atoms with Crippen molar-refractivity contribution in [2.75, 3.05) is 24.6 Å². The Morgan fingerprint density at radius 1 is 1.35 bits per heavy atom. The van der Waals surface area contributed by atoms with Gasteiger partial charge in [-0.25, -0.2) is 19.6 Å². The Bertz CT molecular complexity index is 828. The first-order valence-electron chi connectivity index (χ1n) is 7.63.